The van der Waals surface area contributed by atoms with Crippen LogP contribution < -0.4 is 4.90 Å². The van der Waals surface area contributed by atoms with Crippen LogP contribution >= 0.6 is 0 Å². The average molecular weight is 631 g/mol. The Morgan fingerprint density at radius 3 is 2.36 bits per heavy atom. The maximum absolute atomic E-state index is 14.1. The van der Waals surface area contributed by atoms with Crippen molar-refractivity contribution in [2.75, 3.05) is 11.4 Å². The summed E-state index contributed by atoms with van der Waals surface area (Å²) in [5, 5.41) is 17.4. The van der Waals surface area contributed by atoms with Gasteiger partial charge in [-0.3, -0.25) is 19.4 Å². The molecule has 4 aliphatic rings. The largest absolute Gasteiger partial charge is 0.271 e. The lowest BCUT2D eigenvalue weighted by Crippen LogP contribution is -2.45. The third kappa shape index (κ3) is 4.89. The molecule has 11 heteroatoms. The van der Waals surface area contributed by atoms with Crippen LogP contribution in [0.25, 0.3) is 16.8 Å². The summed E-state index contributed by atoms with van der Waals surface area (Å²) in [6.45, 7) is -0.342. The second kappa shape index (κ2) is 11.3. The molecule has 0 radical (unpaired) electrons. The molecule has 0 spiro atoms. The van der Waals surface area contributed by atoms with E-state index < -0.39 is 41.7 Å². The third-order valence-corrected chi connectivity index (χ3v) is 9.34. The van der Waals surface area contributed by atoms with Crippen LogP contribution in [0.4, 0.5) is 14.5 Å². The first-order valence-electron chi connectivity index (χ1n) is 15.5. The summed E-state index contributed by atoms with van der Waals surface area (Å²) in [5.41, 5.74) is 3.69. The molecule has 4 aromatic carbocycles. The van der Waals surface area contributed by atoms with Gasteiger partial charge in [-0.25, -0.2) is 18.7 Å². The smallest absolute Gasteiger partial charge is 0.264 e. The monoisotopic (exact) mass is 630 g/mol. The summed E-state index contributed by atoms with van der Waals surface area (Å²) in [5.74, 6) is -2.32. The molecule has 0 bridgehead atoms. The topological polar surface area (TPSA) is 98.0 Å². The number of hydrogen-bond acceptors (Lipinski definition) is 7. The molecule has 234 valence electrons. The lowest BCUT2D eigenvalue weighted by Gasteiger charge is -2.30. The zero-order valence-electron chi connectivity index (χ0n) is 25.0. The van der Waals surface area contributed by atoms with Gasteiger partial charge in [0.2, 0.25) is 0 Å². The van der Waals surface area contributed by atoms with Gasteiger partial charge >= 0.3 is 0 Å². The Bertz CT molecular complexity index is 2020. The molecule has 0 aromatic heterocycles. The molecule has 1 saturated heterocycles. The number of benzene rings is 4. The van der Waals surface area contributed by atoms with Gasteiger partial charge in [-0.2, -0.15) is 10.2 Å². The predicted molar refractivity (Wildman–Crippen MR) is 171 cm³/mol. The van der Waals surface area contributed by atoms with E-state index in [1.165, 1.54) is 34.3 Å². The van der Waals surface area contributed by atoms with Crippen molar-refractivity contribution in [2.45, 2.75) is 37.4 Å². The molecular weight excluding hydrogens is 602 g/mol. The standard InChI is InChI=1S/C36H28F2N6O3/c37-25-15-11-21(12-16-25)19-24-7-3-9-28-31(24)40-44(33(28)23-13-17-26(38)18-14-23)30(45)20-42-34-32(39-41-42)35(46)43(36(34)47)29-10-4-6-22-5-1-2-8-27(22)29/h1-2,4-6,8,10-19,28,32-34H,3,7,9,20H2/b24-19+/t28-,32-,33-,34+/m1/s1. The summed E-state index contributed by atoms with van der Waals surface area (Å²) in [4.78, 5) is 42.6. The van der Waals surface area contributed by atoms with Crippen molar-refractivity contribution in [3.05, 3.63) is 119 Å². The van der Waals surface area contributed by atoms with Crippen molar-refractivity contribution in [3.63, 3.8) is 0 Å². The Balaban J connectivity index is 1.10. The first kappa shape index (κ1) is 28.9. The second-order valence-electron chi connectivity index (χ2n) is 12.1. The summed E-state index contributed by atoms with van der Waals surface area (Å²) in [6.07, 6.45) is 4.30. The number of carbonyl (C=O) groups excluding carboxylic acids is 3. The summed E-state index contributed by atoms with van der Waals surface area (Å²) in [6, 6.07) is 22.5. The molecule has 3 amide bonds. The fourth-order valence-electron chi connectivity index (χ4n) is 7.17. The number of hydrogen-bond donors (Lipinski definition) is 0. The normalized spacial score (nSPS) is 24.3. The van der Waals surface area contributed by atoms with E-state index in [0.717, 1.165) is 57.3 Å². The molecule has 8 rings (SSSR count). The zero-order chi connectivity index (χ0) is 32.2. The van der Waals surface area contributed by atoms with Crippen LogP contribution in [0.5, 0.6) is 0 Å². The van der Waals surface area contributed by atoms with Crippen LogP contribution in [0.2, 0.25) is 0 Å². The van der Waals surface area contributed by atoms with Gasteiger partial charge in [0.05, 0.1) is 17.4 Å². The van der Waals surface area contributed by atoms with Gasteiger partial charge in [0.1, 0.15) is 18.2 Å². The molecule has 4 atom stereocenters. The number of imide groups is 1. The summed E-state index contributed by atoms with van der Waals surface area (Å²) >= 11 is 0. The lowest BCUT2D eigenvalue weighted by molar-refractivity contribution is -0.136. The molecule has 3 aliphatic heterocycles. The Morgan fingerprint density at radius 2 is 1.57 bits per heavy atom. The first-order valence-corrected chi connectivity index (χ1v) is 15.5. The SMILES string of the molecule is O=C1[C@@H]2[C@@H](N=NN2CC(=O)N2N=C3/C(=C/c4ccc(F)cc4)CCC[C@H]3[C@H]2c2ccc(F)cc2)C(=O)N1c1cccc2ccccc12. The van der Waals surface area contributed by atoms with Gasteiger partial charge in [-0.05, 0) is 77.8 Å². The van der Waals surface area contributed by atoms with Gasteiger partial charge in [-0.15, -0.1) is 0 Å². The van der Waals surface area contributed by atoms with Crippen molar-refractivity contribution >= 4 is 46.0 Å². The van der Waals surface area contributed by atoms with Gasteiger partial charge in [-0.1, -0.05) is 65.9 Å². The van der Waals surface area contributed by atoms with E-state index in [4.69, 9.17) is 5.10 Å². The van der Waals surface area contributed by atoms with Crippen molar-refractivity contribution in [2.24, 2.45) is 21.4 Å². The molecule has 4 aromatic rings. The molecule has 1 saturated carbocycles. The van der Waals surface area contributed by atoms with Crippen LogP contribution in [0.15, 0.2) is 112 Å². The van der Waals surface area contributed by atoms with E-state index in [-0.39, 0.29) is 18.3 Å². The second-order valence-corrected chi connectivity index (χ2v) is 12.1. The van der Waals surface area contributed by atoms with Crippen LogP contribution in [0, 0.1) is 17.6 Å². The fourth-order valence-corrected chi connectivity index (χ4v) is 7.17. The van der Waals surface area contributed by atoms with E-state index >= 15 is 0 Å². The number of carbonyl (C=O) groups is 3. The fraction of sp³-hybridized carbons (Fsp3) is 0.222. The summed E-state index contributed by atoms with van der Waals surface area (Å²) in [7, 11) is 0. The maximum Gasteiger partial charge on any atom is 0.264 e. The minimum Gasteiger partial charge on any atom is -0.271 e. The number of fused-ring (bicyclic) bond motifs is 3. The quantitative estimate of drug-likeness (QED) is 0.244. The Morgan fingerprint density at radius 1 is 0.851 bits per heavy atom. The highest BCUT2D eigenvalue weighted by Gasteiger charge is 2.56. The number of hydrazone groups is 1. The summed E-state index contributed by atoms with van der Waals surface area (Å²) < 4.78 is 27.5. The van der Waals surface area contributed by atoms with Crippen LogP contribution in [-0.2, 0) is 14.4 Å². The minimum absolute atomic E-state index is 0.158. The van der Waals surface area contributed by atoms with Crippen molar-refractivity contribution in [3.8, 4) is 0 Å². The number of nitrogens with zero attached hydrogens (tertiary/aromatic N) is 6. The Hall–Kier alpha value is -5.58. The lowest BCUT2D eigenvalue weighted by atomic mass is 9.77. The number of anilines is 1. The maximum atomic E-state index is 14.1. The number of allylic oxidation sites excluding steroid dienone is 1. The van der Waals surface area contributed by atoms with Crippen molar-refractivity contribution in [1.82, 2.24) is 10.0 Å². The Labute approximate surface area is 268 Å². The zero-order valence-corrected chi connectivity index (χ0v) is 25.0. The molecule has 2 fully saturated rings. The Kier molecular flexibility index (Phi) is 6.96. The predicted octanol–water partition coefficient (Wildman–Crippen LogP) is 6.23. The molecule has 9 nitrogen and oxygen atoms in total. The van der Waals surface area contributed by atoms with Crippen LogP contribution in [0.3, 0.4) is 0 Å². The first-order chi connectivity index (χ1) is 22.9. The molecule has 0 N–H and O–H groups in total. The van der Waals surface area contributed by atoms with E-state index in [2.05, 4.69) is 10.3 Å². The molecular formula is C36H28F2N6O3. The van der Waals surface area contributed by atoms with Gasteiger partial charge < -0.3 is 0 Å². The number of halogens is 2. The van der Waals surface area contributed by atoms with Crippen LogP contribution in [0.1, 0.15) is 36.4 Å². The van der Waals surface area contributed by atoms with E-state index in [0.29, 0.717) is 5.69 Å². The van der Waals surface area contributed by atoms with E-state index in [9.17, 15) is 23.2 Å². The molecule has 0 unspecified atom stereocenters. The highest BCUT2D eigenvalue weighted by Crippen LogP contribution is 2.45. The van der Waals surface area contributed by atoms with E-state index in [1.807, 2.05) is 36.4 Å². The minimum atomic E-state index is -1.07. The van der Waals surface area contributed by atoms with Gasteiger partial charge in [0.25, 0.3) is 17.7 Å². The number of amides is 3. The van der Waals surface area contributed by atoms with Crippen LogP contribution in [-0.4, -0.2) is 52.1 Å². The average Bonchev–Trinajstić information content (AvgIpc) is 3.75. The van der Waals surface area contributed by atoms with Crippen molar-refractivity contribution < 1.29 is 23.2 Å². The van der Waals surface area contributed by atoms with Crippen molar-refractivity contribution in [1.29, 1.82) is 0 Å². The molecule has 3 heterocycles. The third-order valence-electron chi connectivity index (χ3n) is 9.34. The highest BCUT2D eigenvalue weighted by atomic mass is 19.1. The van der Waals surface area contributed by atoms with Gasteiger partial charge in [0.15, 0.2) is 12.1 Å². The van der Waals surface area contributed by atoms with E-state index in [1.54, 1.807) is 36.4 Å². The van der Waals surface area contributed by atoms with Gasteiger partial charge in [0, 0.05) is 11.3 Å². The number of rotatable bonds is 5. The molecule has 1 aliphatic carbocycles. The highest BCUT2D eigenvalue weighted by molar-refractivity contribution is 6.27. The molecule has 47 heavy (non-hydrogen) atoms.